The van der Waals surface area contributed by atoms with Crippen LogP contribution in [0.3, 0.4) is 0 Å². The van der Waals surface area contributed by atoms with Gasteiger partial charge in [0.1, 0.15) is 16.2 Å². The molecular weight excluding hydrogens is 407 g/mol. The van der Waals surface area contributed by atoms with E-state index in [1.54, 1.807) is 19.2 Å². The first kappa shape index (κ1) is 19.9. The van der Waals surface area contributed by atoms with Crippen molar-refractivity contribution >= 4 is 46.0 Å². The van der Waals surface area contributed by atoms with Crippen LogP contribution in [-0.4, -0.2) is 19.1 Å². The number of aryl methyl sites for hydroxylation is 2. The second kappa shape index (κ2) is 8.04. The molecular formula is C18H18Cl2N4O2S. The van der Waals surface area contributed by atoms with Gasteiger partial charge < -0.3 is 0 Å². The molecule has 0 radical (unpaired) electrons. The maximum absolute atomic E-state index is 12.7. The standard InChI is InChI=1S/C18H18Cl2N4O2S/c1-4-5-13-21-15-14(17(25)24(3)18(26)23(15)2)16(22-13)27-9-10-6-7-11(19)12(20)8-10/h6-8H,4-5,9H2,1-3H3. The van der Waals surface area contributed by atoms with Crippen LogP contribution in [0.1, 0.15) is 24.7 Å². The molecule has 0 atom stereocenters. The second-order valence-corrected chi connectivity index (χ2v) is 7.91. The lowest BCUT2D eigenvalue weighted by Crippen LogP contribution is -2.37. The number of benzene rings is 1. The Hall–Kier alpha value is -1.83. The quantitative estimate of drug-likeness (QED) is 0.462. The van der Waals surface area contributed by atoms with E-state index in [9.17, 15) is 9.59 Å². The highest BCUT2D eigenvalue weighted by molar-refractivity contribution is 7.98. The Balaban J connectivity index is 2.13. The summed E-state index contributed by atoms with van der Waals surface area (Å²) in [6.07, 6.45) is 1.53. The molecule has 0 bridgehead atoms. The smallest absolute Gasteiger partial charge is 0.280 e. The molecule has 0 N–H and O–H groups in total. The van der Waals surface area contributed by atoms with Crippen LogP contribution >= 0.6 is 35.0 Å². The first-order chi connectivity index (χ1) is 12.8. The minimum absolute atomic E-state index is 0.351. The Bertz CT molecular complexity index is 1140. The maximum Gasteiger partial charge on any atom is 0.332 e. The van der Waals surface area contributed by atoms with Crippen molar-refractivity contribution in [3.8, 4) is 0 Å². The fourth-order valence-corrected chi connectivity index (χ4v) is 3.99. The molecule has 0 aliphatic rings. The molecule has 0 aliphatic carbocycles. The van der Waals surface area contributed by atoms with Crippen LogP contribution < -0.4 is 11.2 Å². The predicted octanol–water partition coefficient (Wildman–Crippen LogP) is 3.58. The van der Waals surface area contributed by atoms with Crippen LogP contribution in [0, 0.1) is 0 Å². The summed E-state index contributed by atoms with van der Waals surface area (Å²) in [6, 6.07) is 5.41. The summed E-state index contributed by atoms with van der Waals surface area (Å²) in [5.74, 6) is 1.17. The third-order valence-electron chi connectivity index (χ3n) is 4.15. The molecule has 3 aromatic rings. The zero-order valence-electron chi connectivity index (χ0n) is 15.1. The van der Waals surface area contributed by atoms with Gasteiger partial charge in [-0.3, -0.25) is 13.9 Å². The Morgan fingerprint density at radius 1 is 1.07 bits per heavy atom. The molecule has 9 heteroatoms. The van der Waals surface area contributed by atoms with Crippen LogP contribution in [0.4, 0.5) is 0 Å². The predicted molar refractivity (Wildman–Crippen MR) is 110 cm³/mol. The molecule has 2 aromatic heterocycles. The summed E-state index contributed by atoms with van der Waals surface area (Å²) < 4.78 is 2.47. The van der Waals surface area contributed by atoms with E-state index in [1.165, 1.54) is 23.4 Å². The van der Waals surface area contributed by atoms with E-state index in [4.69, 9.17) is 23.2 Å². The molecule has 1 aromatic carbocycles. The zero-order chi connectivity index (χ0) is 19.7. The fraction of sp³-hybridized carbons (Fsp3) is 0.333. The van der Waals surface area contributed by atoms with Crippen LogP contribution in [-0.2, 0) is 26.3 Å². The van der Waals surface area contributed by atoms with Gasteiger partial charge in [-0.1, -0.05) is 36.2 Å². The van der Waals surface area contributed by atoms with Gasteiger partial charge in [0.15, 0.2) is 5.65 Å². The molecule has 0 saturated heterocycles. The number of thioether (sulfide) groups is 1. The number of hydrogen-bond acceptors (Lipinski definition) is 5. The van der Waals surface area contributed by atoms with Crippen molar-refractivity contribution in [2.24, 2.45) is 14.1 Å². The van der Waals surface area contributed by atoms with E-state index in [0.717, 1.165) is 16.6 Å². The summed E-state index contributed by atoms with van der Waals surface area (Å²) in [5.41, 5.74) is 0.514. The molecule has 2 heterocycles. The van der Waals surface area contributed by atoms with Crippen LogP contribution in [0.15, 0.2) is 32.8 Å². The monoisotopic (exact) mass is 424 g/mol. The van der Waals surface area contributed by atoms with E-state index in [2.05, 4.69) is 9.97 Å². The summed E-state index contributed by atoms with van der Waals surface area (Å²) in [5, 5.41) is 1.88. The van der Waals surface area contributed by atoms with Crippen molar-refractivity contribution in [1.82, 2.24) is 19.1 Å². The summed E-state index contributed by atoms with van der Waals surface area (Å²) in [6.45, 7) is 2.03. The van der Waals surface area contributed by atoms with Gasteiger partial charge in [-0.05, 0) is 24.1 Å². The molecule has 0 aliphatic heterocycles. The van der Waals surface area contributed by atoms with Crippen molar-refractivity contribution in [3.63, 3.8) is 0 Å². The van der Waals surface area contributed by atoms with Crippen molar-refractivity contribution in [2.45, 2.75) is 30.5 Å². The van der Waals surface area contributed by atoms with Gasteiger partial charge in [0.25, 0.3) is 5.56 Å². The van der Waals surface area contributed by atoms with Gasteiger partial charge >= 0.3 is 5.69 Å². The molecule has 6 nitrogen and oxygen atoms in total. The Morgan fingerprint density at radius 2 is 1.81 bits per heavy atom. The van der Waals surface area contributed by atoms with Gasteiger partial charge in [-0.2, -0.15) is 0 Å². The first-order valence-corrected chi connectivity index (χ1v) is 10.1. The molecule has 142 valence electrons. The molecule has 0 unspecified atom stereocenters. The van der Waals surface area contributed by atoms with Crippen molar-refractivity contribution < 1.29 is 0 Å². The first-order valence-electron chi connectivity index (χ1n) is 8.36. The van der Waals surface area contributed by atoms with E-state index in [-0.39, 0.29) is 0 Å². The molecule has 0 amide bonds. The number of aromatic nitrogens is 4. The van der Waals surface area contributed by atoms with Gasteiger partial charge in [0.05, 0.1) is 10.0 Å². The van der Waals surface area contributed by atoms with Crippen molar-refractivity contribution in [3.05, 3.63) is 60.5 Å². The topological polar surface area (TPSA) is 69.8 Å². The fourth-order valence-electron chi connectivity index (χ4n) is 2.69. The Morgan fingerprint density at radius 3 is 2.48 bits per heavy atom. The largest absolute Gasteiger partial charge is 0.332 e. The minimum atomic E-state index is -0.408. The zero-order valence-corrected chi connectivity index (χ0v) is 17.5. The highest BCUT2D eigenvalue weighted by atomic mass is 35.5. The number of rotatable bonds is 5. The lowest BCUT2D eigenvalue weighted by Gasteiger charge is -2.12. The Kier molecular flexibility index (Phi) is 5.93. The van der Waals surface area contributed by atoms with Crippen LogP contribution in [0.5, 0.6) is 0 Å². The van der Waals surface area contributed by atoms with E-state index in [1.807, 2.05) is 13.0 Å². The van der Waals surface area contributed by atoms with Crippen molar-refractivity contribution in [2.75, 3.05) is 0 Å². The third-order valence-corrected chi connectivity index (χ3v) is 5.93. The number of halogens is 2. The number of nitrogens with zero attached hydrogens (tertiary/aromatic N) is 4. The molecule has 0 spiro atoms. The summed E-state index contributed by atoms with van der Waals surface area (Å²) >= 11 is 13.5. The average Bonchev–Trinajstić information content (AvgIpc) is 2.65. The van der Waals surface area contributed by atoms with Gasteiger partial charge in [-0.15, -0.1) is 11.8 Å². The van der Waals surface area contributed by atoms with Gasteiger partial charge in [0, 0.05) is 26.3 Å². The van der Waals surface area contributed by atoms with Crippen LogP contribution in [0.2, 0.25) is 10.0 Å². The number of fused-ring (bicyclic) bond motifs is 1. The normalized spacial score (nSPS) is 11.3. The molecule has 3 rings (SSSR count). The van der Waals surface area contributed by atoms with Crippen LogP contribution in [0.25, 0.3) is 11.0 Å². The number of hydrogen-bond donors (Lipinski definition) is 0. The van der Waals surface area contributed by atoms with Gasteiger partial charge in [-0.25, -0.2) is 14.8 Å². The molecule has 0 fully saturated rings. The Labute approximate surface area is 170 Å². The summed E-state index contributed by atoms with van der Waals surface area (Å²) in [7, 11) is 3.07. The summed E-state index contributed by atoms with van der Waals surface area (Å²) in [4.78, 5) is 34.0. The van der Waals surface area contributed by atoms with Gasteiger partial charge in [0.2, 0.25) is 0 Å². The maximum atomic E-state index is 12.7. The third kappa shape index (κ3) is 3.90. The SMILES string of the molecule is CCCc1nc(SCc2ccc(Cl)c(Cl)c2)c2c(=O)n(C)c(=O)n(C)c2n1. The second-order valence-electron chi connectivity index (χ2n) is 6.14. The lowest BCUT2D eigenvalue weighted by atomic mass is 10.2. The minimum Gasteiger partial charge on any atom is -0.280 e. The molecule has 27 heavy (non-hydrogen) atoms. The average molecular weight is 425 g/mol. The van der Waals surface area contributed by atoms with E-state index in [0.29, 0.717) is 44.1 Å². The van der Waals surface area contributed by atoms with Crippen molar-refractivity contribution in [1.29, 1.82) is 0 Å². The highest BCUT2D eigenvalue weighted by Crippen LogP contribution is 2.29. The van der Waals surface area contributed by atoms with E-state index >= 15 is 0 Å². The lowest BCUT2D eigenvalue weighted by molar-refractivity contribution is 0.696. The molecule has 0 saturated carbocycles. The highest BCUT2D eigenvalue weighted by Gasteiger charge is 2.17. The van der Waals surface area contributed by atoms with E-state index < -0.39 is 11.2 Å².